The molecule has 1 atom stereocenters. The van der Waals surface area contributed by atoms with Crippen LogP contribution < -0.4 is 16.5 Å². The number of rotatable bonds is 7. The zero-order chi connectivity index (χ0) is 20.1. The van der Waals surface area contributed by atoms with Crippen LogP contribution in [0, 0.1) is 0 Å². The molecule has 3 rings (SSSR count). The highest BCUT2D eigenvalue weighted by Crippen LogP contribution is 2.12. The minimum Gasteiger partial charge on any atom is -0.459 e. The van der Waals surface area contributed by atoms with Crippen molar-refractivity contribution in [3.05, 3.63) is 65.2 Å². The molecule has 0 aromatic heterocycles. The maximum atomic E-state index is 12.5. The van der Waals surface area contributed by atoms with Crippen LogP contribution in [-0.2, 0) is 32.2 Å². The van der Waals surface area contributed by atoms with Crippen LogP contribution in [0.2, 0.25) is 0 Å². The van der Waals surface area contributed by atoms with E-state index in [4.69, 9.17) is 15.1 Å². The van der Waals surface area contributed by atoms with E-state index >= 15 is 0 Å². The Balaban J connectivity index is 1.68. The fraction of sp³-hybridized carbons (Fsp3) is 0.211. The molecule has 28 heavy (non-hydrogen) atoms. The largest absolute Gasteiger partial charge is 0.491 e. The van der Waals surface area contributed by atoms with Gasteiger partial charge in [-0.15, -0.1) is 0 Å². The van der Waals surface area contributed by atoms with Crippen molar-refractivity contribution >= 4 is 30.4 Å². The number of carbonyl (C=O) groups excluding carboxylic acids is 3. The van der Waals surface area contributed by atoms with E-state index in [1.807, 2.05) is 6.07 Å². The van der Waals surface area contributed by atoms with E-state index in [9.17, 15) is 19.4 Å². The Morgan fingerprint density at radius 1 is 1.21 bits per heavy atom. The third-order valence-electron chi connectivity index (χ3n) is 4.29. The van der Waals surface area contributed by atoms with Gasteiger partial charge < -0.3 is 25.5 Å². The first-order valence-electron chi connectivity index (χ1n) is 8.66. The standard InChI is InChI=1S/C19H19BN2O6/c21-17(23)9-16(19(25)27-10-12-4-2-1-3-5-12)22-18(24)13-6-7-14-11-28-20(26)15(14)8-13/h1-8,16,26H,9-11H2,(H2,21,23)(H,22,24)/t16-/m0/s1. The number of nitrogens with two attached hydrogens (primary N) is 1. The van der Waals surface area contributed by atoms with Gasteiger partial charge in [0.1, 0.15) is 12.6 Å². The van der Waals surface area contributed by atoms with Crippen molar-refractivity contribution in [2.75, 3.05) is 0 Å². The summed E-state index contributed by atoms with van der Waals surface area (Å²) in [5.74, 6) is -2.11. The van der Waals surface area contributed by atoms with Crippen molar-refractivity contribution in [2.24, 2.45) is 5.73 Å². The van der Waals surface area contributed by atoms with Crippen molar-refractivity contribution in [3.63, 3.8) is 0 Å². The van der Waals surface area contributed by atoms with Gasteiger partial charge in [-0.05, 0) is 28.7 Å². The van der Waals surface area contributed by atoms with Crippen LogP contribution in [-0.4, -0.2) is 36.0 Å². The predicted octanol–water partition coefficient (Wildman–Crippen LogP) is -0.378. The number of amides is 2. The molecule has 144 valence electrons. The number of nitrogens with one attached hydrogen (secondary N) is 1. The summed E-state index contributed by atoms with van der Waals surface area (Å²) >= 11 is 0. The lowest BCUT2D eigenvalue weighted by molar-refractivity contribution is -0.148. The fourth-order valence-corrected chi connectivity index (χ4v) is 2.82. The zero-order valence-electron chi connectivity index (χ0n) is 15.0. The van der Waals surface area contributed by atoms with E-state index in [0.717, 1.165) is 11.1 Å². The third kappa shape index (κ3) is 4.76. The van der Waals surface area contributed by atoms with Crippen LogP contribution in [0.3, 0.4) is 0 Å². The van der Waals surface area contributed by atoms with Gasteiger partial charge in [-0.1, -0.05) is 36.4 Å². The second-order valence-electron chi connectivity index (χ2n) is 6.37. The van der Waals surface area contributed by atoms with Crippen molar-refractivity contribution in [3.8, 4) is 0 Å². The van der Waals surface area contributed by atoms with E-state index in [2.05, 4.69) is 5.32 Å². The molecule has 0 saturated carbocycles. The van der Waals surface area contributed by atoms with Gasteiger partial charge in [0.25, 0.3) is 5.91 Å². The van der Waals surface area contributed by atoms with Gasteiger partial charge in [0.2, 0.25) is 5.91 Å². The summed E-state index contributed by atoms with van der Waals surface area (Å²) in [6.07, 6.45) is -0.393. The zero-order valence-corrected chi connectivity index (χ0v) is 15.0. The molecule has 9 heteroatoms. The third-order valence-corrected chi connectivity index (χ3v) is 4.29. The molecule has 0 aliphatic carbocycles. The molecule has 1 aliphatic heterocycles. The fourth-order valence-electron chi connectivity index (χ4n) is 2.82. The molecule has 0 unspecified atom stereocenters. The number of hydrogen-bond donors (Lipinski definition) is 3. The molecule has 2 aromatic carbocycles. The summed E-state index contributed by atoms with van der Waals surface area (Å²) < 4.78 is 10.3. The van der Waals surface area contributed by atoms with Gasteiger partial charge >= 0.3 is 13.1 Å². The van der Waals surface area contributed by atoms with E-state index in [-0.39, 0.29) is 18.8 Å². The van der Waals surface area contributed by atoms with Gasteiger partial charge in [-0.25, -0.2) is 4.79 Å². The van der Waals surface area contributed by atoms with E-state index in [1.165, 1.54) is 6.07 Å². The maximum Gasteiger partial charge on any atom is 0.491 e. The second-order valence-corrected chi connectivity index (χ2v) is 6.37. The van der Waals surface area contributed by atoms with Crippen LogP contribution in [0.5, 0.6) is 0 Å². The molecule has 4 N–H and O–H groups in total. The van der Waals surface area contributed by atoms with Gasteiger partial charge in [0.15, 0.2) is 0 Å². The Kier molecular flexibility index (Phi) is 6.08. The van der Waals surface area contributed by atoms with Crippen molar-refractivity contribution in [1.82, 2.24) is 5.32 Å². The molecule has 0 radical (unpaired) electrons. The normalized spacial score (nSPS) is 13.5. The molecule has 2 amide bonds. The number of ether oxygens (including phenoxy) is 1. The first kappa shape index (κ1) is 19.6. The van der Waals surface area contributed by atoms with Gasteiger partial charge in [-0.2, -0.15) is 0 Å². The Morgan fingerprint density at radius 3 is 2.68 bits per heavy atom. The summed E-state index contributed by atoms with van der Waals surface area (Å²) in [5.41, 5.74) is 7.45. The Hall–Kier alpha value is -3.17. The van der Waals surface area contributed by atoms with Crippen LogP contribution in [0.4, 0.5) is 0 Å². The highest BCUT2D eigenvalue weighted by atomic mass is 16.5. The summed E-state index contributed by atoms with van der Waals surface area (Å²) in [6, 6.07) is 12.5. The van der Waals surface area contributed by atoms with Crippen LogP contribution in [0.1, 0.15) is 27.9 Å². The highest BCUT2D eigenvalue weighted by molar-refractivity contribution is 6.61. The molecule has 0 fully saturated rings. The number of carbonyl (C=O) groups is 3. The van der Waals surface area contributed by atoms with E-state index in [0.29, 0.717) is 5.46 Å². The van der Waals surface area contributed by atoms with Crippen molar-refractivity contribution in [2.45, 2.75) is 25.7 Å². The average Bonchev–Trinajstić information content (AvgIpc) is 3.06. The van der Waals surface area contributed by atoms with Gasteiger partial charge in [-0.3, -0.25) is 9.59 Å². The summed E-state index contributed by atoms with van der Waals surface area (Å²) in [4.78, 5) is 36.2. The smallest absolute Gasteiger partial charge is 0.459 e. The minimum absolute atomic E-state index is 0.00713. The molecule has 0 spiro atoms. The second kappa shape index (κ2) is 8.68. The summed E-state index contributed by atoms with van der Waals surface area (Å²) in [6.45, 7) is 0.266. The SMILES string of the molecule is NC(=O)C[C@H](NC(=O)c1ccc2c(c1)B(O)OC2)C(=O)OCc1ccccc1. The van der Waals surface area contributed by atoms with Crippen LogP contribution in [0.15, 0.2) is 48.5 Å². The number of primary amides is 1. The lowest BCUT2D eigenvalue weighted by Crippen LogP contribution is -2.44. The van der Waals surface area contributed by atoms with Crippen molar-refractivity contribution in [1.29, 1.82) is 0 Å². The van der Waals surface area contributed by atoms with E-state index in [1.54, 1.807) is 36.4 Å². The highest BCUT2D eigenvalue weighted by Gasteiger charge is 2.29. The Labute approximate surface area is 161 Å². The quantitative estimate of drug-likeness (QED) is 0.443. The molecular weight excluding hydrogens is 363 g/mol. The van der Waals surface area contributed by atoms with Crippen LogP contribution >= 0.6 is 0 Å². The average molecular weight is 382 g/mol. The van der Waals surface area contributed by atoms with Crippen LogP contribution in [0.25, 0.3) is 0 Å². The molecule has 1 aliphatic rings. The van der Waals surface area contributed by atoms with Crippen molar-refractivity contribution < 1.29 is 28.8 Å². The Morgan fingerprint density at radius 2 is 1.96 bits per heavy atom. The first-order valence-corrected chi connectivity index (χ1v) is 8.66. The first-order chi connectivity index (χ1) is 13.4. The molecule has 8 nitrogen and oxygen atoms in total. The van der Waals surface area contributed by atoms with E-state index < -0.39 is 37.4 Å². The number of esters is 1. The lowest BCUT2D eigenvalue weighted by Gasteiger charge is -2.17. The Bertz CT molecular complexity index is 889. The molecule has 1 heterocycles. The summed E-state index contributed by atoms with van der Waals surface area (Å²) in [7, 11) is -1.10. The molecule has 0 saturated heterocycles. The maximum absolute atomic E-state index is 12.5. The topological polar surface area (TPSA) is 128 Å². The van der Waals surface area contributed by atoms with Gasteiger partial charge in [0, 0.05) is 5.56 Å². The monoisotopic (exact) mass is 382 g/mol. The lowest BCUT2D eigenvalue weighted by atomic mass is 9.79. The predicted molar refractivity (Wildman–Crippen MR) is 100 cm³/mol. The summed E-state index contributed by atoms with van der Waals surface area (Å²) in [5, 5.41) is 12.2. The van der Waals surface area contributed by atoms with Gasteiger partial charge in [0.05, 0.1) is 13.0 Å². The molecule has 0 bridgehead atoms. The minimum atomic E-state index is -1.22. The molecule has 2 aromatic rings. The number of benzene rings is 2. The molecular formula is C19H19BN2O6. The number of fused-ring (bicyclic) bond motifs is 1. The number of hydrogen-bond acceptors (Lipinski definition) is 6.